The molecular formula is C14H29N3O2. The Morgan fingerprint density at radius 1 is 1.42 bits per heavy atom. The van der Waals surface area contributed by atoms with Crippen molar-refractivity contribution in [2.24, 2.45) is 5.92 Å². The maximum Gasteiger partial charge on any atom is 0.227 e. The zero-order chi connectivity index (χ0) is 14.8. The van der Waals surface area contributed by atoms with E-state index in [0.717, 1.165) is 6.54 Å². The first-order chi connectivity index (χ1) is 8.68. The number of carbonyl (C=O) groups excluding carboxylic acids is 1. The van der Waals surface area contributed by atoms with Crippen LogP contribution >= 0.6 is 0 Å². The van der Waals surface area contributed by atoms with Gasteiger partial charge in [0.05, 0.1) is 11.5 Å². The summed E-state index contributed by atoms with van der Waals surface area (Å²) >= 11 is 0. The average molecular weight is 271 g/mol. The van der Waals surface area contributed by atoms with E-state index in [0.29, 0.717) is 19.5 Å². The third kappa shape index (κ3) is 3.09. The Labute approximate surface area is 116 Å². The van der Waals surface area contributed by atoms with Crippen molar-refractivity contribution in [3.05, 3.63) is 0 Å². The summed E-state index contributed by atoms with van der Waals surface area (Å²) in [6.45, 7) is 12.0. The summed E-state index contributed by atoms with van der Waals surface area (Å²) in [5, 5.41) is 14.7. The summed E-state index contributed by atoms with van der Waals surface area (Å²) in [6.07, 6.45) is 0.686. The molecule has 1 saturated heterocycles. The molecule has 0 aliphatic carbocycles. The largest absolute Gasteiger partial charge is 0.341 e. The SMILES string of the molecule is CCN(CCNC)C(=O)C1CC(C)(C)N(O)C1(C)C. The summed E-state index contributed by atoms with van der Waals surface area (Å²) in [4.78, 5) is 14.6. The van der Waals surface area contributed by atoms with Crippen molar-refractivity contribution in [3.8, 4) is 0 Å². The molecule has 0 aromatic carbocycles. The van der Waals surface area contributed by atoms with E-state index in [4.69, 9.17) is 0 Å². The predicted octanol–water partition coefficient (Wildman–Crippen LogP) is 1.32. The number of amides is 1. The molecule has 1 amide bonds. The molecule has 0 saturated carbocycles. The molecule has 1 heterocycles. The molecule has 0 aromatic rings. The second kappa shape index (κ2) is 5.77. The molecule has 112 valence electrons. The molecular weight excluding hydrogens is 242 g/mol. The number of rotatable bonds is 5. The van der Waals surface area contributed by atoms with Gasteiger partial charge in [0.25, 0.3) is 0 Å². The van der Waals surface area contributed by atoms with Crippen LogP contribution in [0, 0.1) is 5.92 Å². The van der Waals surface area contributed by atoms with E-state index in [2.05, 4.69) is 5.32 Å². The number of nitrogens with zero attached hydrogens (tertiary/aromatic N) is 2. The molecule has 1 aliphatic rings. The lowest BCUT2D eigenvalue weighted by atomic mass is 9.86. The maximum atomic E-state index is 12.7. The Bertz CT molecular complexity index is 329. The van der Waals surface area contributed by atoms with E-state index in [9.17, 15) is 10.0 Å². The van der Waals surface area contributed by atoms with Crippen LogP contribution in [0.2, 0.25) is 0 Å². The summed E-state index contributed by atoms with van der Waals surface area (Å²) in [5.41, 5.74) is -0.875. The summed E-state index contributed by atoms with van der Waals surface area (Å²) in [7, 11) is 1.89. The molecule has 5 heteroatoms. The zero-order valence-corrected chi connectivity index (χ0v) is 13.2. The highest BCUT2D eigenvalue weighted by molar-refractivity contribution is 5.80. The van der Waals surface area contributed by atoms with Crippen molar-refractivity contribution in [1.82, 2.24) is 15.3 Å². The fraction of sp³-hybridized carbons (Fsp3) is 0.929. The number of hydrogen-bond acceptors (Lipinski definition) is 4. The van der Waals surface area contributed by atoms with Gasteiger partial charge < -0.3 is 15.4 Å². The van der Waals surface area contributed by atoms with Gasteiger partial charge in [0.2, 0.25) is 5.91 Å². The summed E-state index contributed by atoms with van der Waals surface area (Å²) in [6, 6.07) is 0. The molecule has 2 N–H and O–H groups in total. The minimum absolute atomic E-state index is 0.146. The van der Waals surface area contributed by atoms with Crippen molar-refractivity contribution in [2.45, 2.75) is 52.1 Å². The highest BCUT2D eigenvalue weighted by Crippen LogP contribution is 2.44. The Morgan fingerprint density at radius 2 is 2.00 bits per heavy atom. The molecule has 19 heavy (non-hydrogen) atoms. The first kappa shape index (κ1) is 16.4. The summed E-state index contributed by atoms with van der Waals surface area (Å²) < 4.78 is 0. The van der Waals surface area contributed by atoms with Crippen LogP contribution in [0.1, 0.15) is 41.0 Å². The first-order valence-electron chi connectivity index (χ1n) is 7.11. The highest BCUT2D eigenvalue weighted by Gasteiger charge is 2.54. The van der Waals surface area contributed by atoms with E-state index in [1.54, 1.807) is 0 Å². The van der Waals surface area contributed by atoms with Gasteiger partial charge in [-0.05, 0) is 48.1 Å². The van der Waals surface area contributed by atoms with E-state index in [-0.39, 0.29) is 17.4 Å². The van der Waals surface area contributed by atoms with Crippen molar-refractivity contribution in [3.63, 3.8) is 0 Å². The molecule has 1 rings (SSSR count). The van der Waals surface area contributed by atoms with Gasteiger partial charge in [0, 0.05) is 25.2 Å². The predicted molar refractivity (Wildman–Crippen MR) is 76.1 cm³/mol. The molecule has 1 aliphatic heterocycles. The fourth-order valence-corrected chi connectivity index (χ4v) is 3.04. The molecule has 1 unspecified atom stereocenters. The molecule has 1 fully saturated rings. The smallest absolute Gasteiger partial charge is 0.227 e. The van der Waals surface area contributed by atoms with E-state index in [1.807, 2.05) is 46.6 Å². The molecule has 1 atom stereocenters. The van der Waals surface area contributed by atoms with Crippen LogP contribution in [-0.4, -0.2) is 58.8 Å². The van der Waals surface area contributed by atoms with Crippen molar-refractivity contribution >= 4 is 5.91 Å². The molecule has 0 bridgehead atoms. The Hall–Kier alpha value is -0.650. The third-order valence-corrected chi connectivity index (χ3v) is 4.30. The number of hydroxylamine groups is 2. The van der Waals surface area contributed by atoms with Gasteiger partial charge in [0.15, 0.2) is 0 Å². The van der Waals surface area contributed by atoms with Gasteiger partial charge in [-0.3, -0.25) is 4.79 Å². The van der Waals surface area contributed by atoms with Crippen LogP contribution in [0.5, 0.6) is 0 Å². The van der Waals surface area contributed by atoms with E-state index in [1.165, 1.54) is 5.06 Å². The van der Waals surface area contributed by atoms with E-state index < -0.39 is 5.54 Å². The minimum atomic E-state index is -0.520. The van der Waals surface area contributed by atoms with Crippen molar-refractivity contribution in [2.75, 3.05) is 26.7 Å². The Kier molecular flexibility index (Phi) is 4.98. The Morgan fingerprint density at radius 3 is 2.37 bits per heavy atom. The Balaban J connectivity index is 2.87. The normalized spacial score (nSPS) is 25.5. The van der Waals surface area contributed by atoms with Gasteiger partial charge in [-0.2, -0.15) is 5.06 Å². The van der Waals surface area contributed by atoms with Gasteiger partial charge in [-0.1, -0.05) is 0 Å². The average Bonchev–Trinajstić information content (AvgIpc) is 2.50. The minimum Gasteiger partial charge on any atom is -0.341 e. The zero-order valence-electron chi connectivity index (χ0n) is 13.2. The number of likely N-dealkylation sites (N-methyl/N-ethyl adjacent to an activating group) is 2. The van der Waals surface area contributed by atoms with Crippen LogP contribution in [0.3, 0.4) is 0 Å². The lowest BCUT2D eigenvalue weighted by Crippen LogP contribution is -2.51. The monoisotopic (exact) mass is 271 g/mol. The fourth-order valence-electron chi connectivity index (χ4n) is 3.04. The van der Waals surface area contributed by atoms with Crippen molar-refractivity contribution in [1.29, 1.82) is 0 Å². The molecule has 0 aromatic heterocycles. The number of carbonyl (C=O) groups is 1. The third-order valence-electron chi connectivity index (χ3n) is 4.30. The molecule has 5 nitrogen and oxygen atoms in total. The van der Waals surface area contributed by atoms with Gasteiger partial charge in [-0.25, -0.2) is 0 Å². The lowest BCUT2D eigenvalue weighted by Gasteiger charge is -2.36. The standard InChI is InChI=1S/C14H29N3O2/c1-7-16(9-8-15-6)12(18)11-10-13(2,3)17(19)14(11,4)5/h11,15,19H,7-10H2,1-6H3. The van der Waals surface area contributed by atoms with Crippen LogP contribution in [-0.2, 0) is 4.79 Å². The second-order valence-electron chi connectivity index (χ2n) is 6.56. The van der Waals surface area contributed by atoms with Crippen LogP contribution < -0.4 is 5.32 Å². The van der Waals surface area contributed by atoms with Crippen LogP contribution in [0.25, 0.3) is 0 Å². The van der Waals surface area contributed by atoms with Gasteiger partial charge >= 0.3 is 0 Å². The van der Waals surface area contributed by atoms with Crippen LogP contribution in [0.15, 0.2) is 0 Å². The van der Waals surface area contributed by atoms with E-state index >= 15 is 0 Å². The number of hydrogen-bond donors (Lipinski definition) is 2. The number of nitrogens with one attached hydrogen (secondary N) is 1. The lowest BCUT2D eigenvalue weighted by molar-refractivity contribution is -0.198. The van der Waals surface area contributed by atoms with Gasteiger partial charge in [-0.15, -0.1) is 0 Å². The quantitative estimate of drug-likeness (QED) is 0.792. The van der Waals surface area contributed by atoms with Crippen molar-refractivity contribution < 1.29 is 10.0 Å². The molecule has 0 radical (unpaired) electrons. The van der Waals surface area contributed by atoms with Crippen LogP contribution in [0.4, 0.5) is 0 Å². The topological polar surface area (TPSA) is 55.8 Å². The molecule has 0 spiro atoms. The first-order valence-corrected chi connectivity index (χ1v) is 7.11. The maximum absolute atomic E-state index is 12.7. The van der Waals surface area contributed by atoms with Gasteiger partial charge in [0.1, 0.15) is 0 Å². The highest BCUT2D eigenvalue weighted by atomic mass is 16.5. The summed E-state index contributed by atoms with van der Waals surface area (Å²) in [5.74, 6) is -0.0170. The second-order valence-corrected chi connectivity index (χ2v) is 6.56.